The Morgan fingerprint density at radius 2 is 1.56 bits per heavy atom. The molecule has 0 saturated carbocycles. The van der Waals surface area contributed by atoms with Crippen LogP contribution in [0.2, 0.25) is 0 Å². The van der Waals surface area contributed by atoms with Crippen molar-refractivity contribution < 1.29 is 19.0 Å². The molecular formula is C35H36N2O4. The number of ether oxygens (including phenoxy) is 3. The van der Waals surface area contributed by atoms with Gasteiger partial charge in [-0.15, -0.1) is 0 Å². The quantitative estimate of drug-likeness (QED) is 0.171. The Bertz CT molecular complexity index is 1640. The van der Waals surface area contributed by atoms with E-state index in [1.165, 1.54) is 5.57 Å². The number of rotatable bonds is 8. The fraction of sp³-hybridized carbons (Fsp3) is 0.229. The van der Waals surface area contributed by atoms with E-state index >= 15 is 0 Å². The van der Waals surface area contributed by atoms with Crippen LogP contribution in [0.4, 0.5) is 11.4 Å². The van der Waals surface area contributed by atoms with Crippen molar-refractivity contribution >= 4 is 22.9 Å². The van der Waals surface area contributed by atoms with Gasteiger partial charge in [0.1, 0.15) is 17.2 Å². The number of anilines is 2. The van der Waals surface area contributed by atoms with Gasteiger partial charge in [-0.2, -0.15) is 0 Å². The highest BCUT2D eigenvalue weighted by atomic mass is 16.5. The van der Waals surface area contributed by atoms with Gasteiger partial charge in [-0.3, -0.25) is 0 Å². The second-order valence-electron chi connectivity index (χ2n) is 10.8. The molecular weight excluding hydrogens is 512 g/mol. The Morgan fingerprint density at radius 3 is 2.32 bits per heavy atom. The van der Waals surface area contributed by atoms with Crippen molar-refractivity contribution in [1.82, 2.24) is 0 Å². The van der Waals surface area contributed by atoms with Gasteiger partial charge in [-0.25, -0.2) is 4.79 Å². The number of allylic oxidation sites excluding steroid dienone is 1. The molecule has 0 fully saturated rings. The molecule has 6 heteroatoms. The SMILES string of the molecule is COc1ccccc1NCc1c(-c2ccc(OC(=O)c3ccccc3C)cc2OC)ccc2c1C(C)=CC(C)(C)N2. The lowest BCUT2D eigenvalue weighted by Gasteiger charge is -2.33. The van der Waals surface area contributed by atoms with E-state index in [1.54, 1.807) is 26.4 Å². The van der Waals surface area contributed by atoms with E-state index < -0.39 is 5.97 Å². The van der Waals surface area contributed by atoms with Crippen LogP contribution >= 0.6 is 0 Å². The van der Waals surface area contributed by atoms with Gasteiger partial charge in [0.2, 0.25) is 0 Å². The number of hydrogen-bond donors (Lipinski definition) is 2. The zero-order chi connectivity index (χ0) is 29.1. The van der Waals surface area contributed by atoms with Gasteiger partial charge in [0.15, 0.2) is 0 Å². The smallest absolute Gasteiger partial charge is 0.343 e. The molecule has 2 N–H and O–H groups in total. The van der Waals surface area contributed by atoms with Crippen molar-refractivity contribution in [2.24, 2.45) is 0 Å². The molecule has 5 rings (SSSR count). The van der Waals surface area contributed by atoms with Gasteiger partial charge >= 0.3 is 5.97 Å². The largest absolute Gasteiger partial charge is 0.496 e. The summed E-state index contributed by atoms with van der Waals surface area (Å²) in [6, 6.07) is 25.1. The molecule has 0 aromatic heterocycles. The monoisotopic (exact) mass is 548 g/mol. The molecule has 0 unspecified atom stereocenters. The molecule has 1 aliphatic heterocycles. The first-order valence-corrected chi connectivity index (χ1v) is 13.7. The summed E-state index contributed by atoms with van der Waals surface area (Å²) in [5.41, 5.74) is 8.63. The van der Waals surface area contributed by atoms with E-state index in [9.17, 15) is 4.79 Å². The third kappa shape index (κ3) is 5.78. The lowest BCUT2D eigenvalue weighted by Crippen LogP contribution is -2.32. The number of carbonyl (C=O) groups excluding carboxylic acids is 1. The Hall–Kier alpha value is -4.71. The highest BCUT2D eigenvalue weighted by Gasteiger charge is 2.27. The number of para-hydroxylation sites is 2. The second-order valence-corrected chi connectivity index (χ2v) is 10.8. The highest BCUT2D eigenvalue weighted by molar-refractivity contribution is 5.93. The molecule has 4 aromatic rings. The van der Waals surface area contributed by atoms with Crippen LogP contribution in [0, 0.1) is 6.92 Å². The summed E-state index contributed by atoms with van der Waals surface area (Å²) in [5.74, 6) is 1.42. The highest BCUT2D eigenvalue weighted by Crippen LogP contribution is 2.43. The molecule has 210 valence electrons. The number of esters is 1. The summed E-state index contributed by atoms with van der Waals surface area (Å²) in [6.45, 7) is 8.94. The molecule has 0 atom stereocenters. The van der Waals surface area contributed by atoms with E-state index in [2.05, 4.69) is 49.6 Å². The van der Waals surface area contributed by atoms with E-state index in [1.807, 2.05) is 61.5 Å². The minimum absolute atomic E-state index is 0.160. The number of nitrogens with one attached hydrogen (secondary N) is 2. The van der Waals surface area contributed by atoms with E-state index in [0.29, 0.717) is 23.6 Å². The average molecular weight is 549 g/mol. The summed E-state index contributed by atoms with van der Waals surface area (Å²) in [5, 5.41) is 7.26. The molecule has 41 heavy (non-hydrogen) atoms. The third-order valence-electron chi connectivity index (χ3n) is 7.34. The molecule has 4 aromatic carbocycles. The lowest BCUT2D eigenvalue weighted by atomic mass is 9.85. The average Bonchev–Trinajstić information content (AvgIpc) is 2.95. The second kappa shape index (κ2) is 11.4. The van der Waals surface area contributed by atoms with Crippen molar-refractivity contribution in [3.05, 3.63) is 107 Å². The van der Waals surface area contributed by atoms with Crippen molar-refractivity contribution in [2.45, 2.75) is 39.8 Å². The van der Waals surface area contributed by atoms with E-state index in [0.717, 1.165) is 44.9 Å². The lowest BCUT2D eigenvalue weighted by molar-refractivity contribution is 0.0733. The number of fused-ring (bicyclic) bond motifs is 1. The van der Waals surface area contributed by atoms with Crippen LogP contribution in [-0.2, 0) is 6.54 Å². The topological polar surface area (TPSA) is 68.8 Å². The van der Waals surface area contributed by atoms with Crippen LogP contribution in [0.25, 0.3) is 16.7 Å². The fourth-order valence-electron chi connectivity index (χ4n) is 5.53. The maximum Gasteiger partial charge on any atom is 0.343 e. The third-order valence-corrected chi connectivity index (χ3v) is 7.34. The zero-order valence-electron chi connectivity index (χ0n) is 24.4. The predicted molar refractivity (Wildman–Crippen MR) is 166 cm³/mol. The number of methoxy groups -OCH3 is 2. The summed E-state index contributed by atoms with van der Waals surface area (Å²) >= 11 is 0. The number of aryl methyl sites for hydroxylation is 1. The normalized spacial score (nSPS) is 13.4. The van der Waals surface area contributed by atoms with Crippen LogP contribution in [0.1, 0.15) is 47.8 Å². The molecule has 1 heterocycles. The first-order chi connectivity index (χ1) is 19.7. The maximum atomic E-state index is 12.9. The standard InChI is InChI=1S/C35H36N2O4/c1-22-11-7-8-12-25(22)34(38)41-24-15-16-27(32(19-24)40-6)26-17-18-30-33(23(2)20-35(3,4)37-30)28(26)21-36-29-13-9-10-14-31(29)39-5/h7-20,36-37H,21H2,1-6H3. The molecule has 0 radical (unpaired) electrons. The van der Waals surface area contributed by atoms with Crippen LogP contribution < -0.4 is 24.8 Å². The first-order valence-electron chi connectivity index (χ1n) is 13.7. The van der Waals surface area contributed by atoms with Crippen molar-refractivity contribution in [3.8, 4) is 28.4 Å². The van der Waals surface area contributed by atoms with Gasteiger partial charge in [0.05, 0.1) is 31.0 Å². The zero-order valence-corrected chi connectivity index (χ0v) is 24.4. The van der Waals surface area contributed by atoms with Crippen LogP contribution in [0.15, 0.2) is 84.9 Å². The Kier molecular flexibility index (Phi) is 7.75. The van der Waals surface area contributed by atoms with Gasteiger partial charge in [0.25, 0.3) is 0 Å². The summed E-state index contributed by atoms with van der Waals surface area (Å²) in [4.78, 5) is 12.9. The van der Waals surface area contributed by atoms with Gasteiger partial charge in [-0.05, 0) is 86.4 Å². The van der Waals surface area contributed by atoms with Crippen LogP contribution in [0.5, 0.6) is 17.2 Å². The van der Waals surface area contributed by atoms with E-state index in [-0.39, 0.29) is 5.54 Å². The molecule has 0 spiro atoms. The number of hydrogen-bond acceptors (Lipinski definition) is 6. The minimum atomic E-state index is -0.400. The van der Waals surface area contributed by atoms with Gasteiger partial charge in [-0.1, -0.05) is 42.5 Å². The summed E-state index contributed by atoms with van der Waals surface area (Å²) in [6.07, 6.45) is 2.26. The predicted octanol–water partition coefficient (Wildman–Crippen LogP) is 8.12. The van der Waals surface area contributed by atoms with Crippen molar-refractivity contribution in [2.75, 3.05) is 24.9 Å². The summed E-state index contributed by atoms with van der Waals surface area (Å²) in [7, 11) is 3.31. The molecule has 0 amide bonds. The van der Waals surface area contributed by atoms with E-state index in [4.69, 9.17) is 14.2 Å². The van der Waals surface area contributed by atoms with Crippen LogP contribution in [0.3, 0.4) is 0 Å². The van der Waals surface area contributed by atoms with Crippen molar-refractivity contribution in [3.63, 3.8) is 0 Å². The molecule has 0 saturated heterocycles. The number of benzene rings is 4. The molecule has 1 aliphatic rings. The number of carbonyl (C=O) groups is 1. The Morgan fingerprint density at radius 1 is 0.854 bits per heavy atom. The molecule has 0 aliphatic carbocycles. The van der Waals surface area contributed by atoms with Crippen LogP contribution in [-0.4, -0.2) is 25.7 Å². The van der Waals surface area contributed by atoms with Gasteiger partial charge in [0, 0.05) is 29.4 Å². The molecule has 0 bridgehead atoms. The molecule has 6 nitrogen and oxygen atoms in total. The van der Waals surface area contributed by atoms with Crippen molar-refractivity contribution in [1.29, 1.82) is 0 Å². The minimum Gasteiger partial charge on any atom is -0.496 e. The Labute approximate surface area is 242 Å². The first kappa shape index (κ1) is 27.8. The maximum absolute atomic E-state index is 12.9. The Balaban J connectivity index is 1.56. The summed E-state index contributed by atoms with van der Waals surface area (Å²) < 4.78 is 17.2. The fourth-order valence-corrected chi connectivity index (χ4v) is 5.53. The van der Waals surface area contributed by atoms with Gasteiger partial charge < -0.3 is 24.8 Å².